The Hall–Kier alpha value is 0.01000. The molecule has 0 N–H and O–H groups in total. The van der Waals surface area contributed by atoms with E-state index < -0.39 is 28.5 Å². The van der Waals surface area contributed by atoms with E-state index in [1.807, 2.05) is 0 Å². The van der Waals surface area contributed by atoms with Gasteiger partial charge in [-0.2, -0.15) is 30.7 Å². The van der Waals surface area contributed by atoms with Gasteiger partial charge < -0.3 is 4.74 Å². The quantitative estimate of drug-likeness (QED) is 0.502. The Balaban J connectivity index is 3.34. The van der Waals surface area contributed by atoms with Gasteiger partial charge in [-0.15, -0.1) is 0 Å². The molecule has 0 saturated carbocycles. The minimum absolute atomic E-state index is 0.376. The molecule has 0 aromatic rings. The molecular formula is C6H3Cl2F7O2. The van der Waals surface area contributed by atoms with Gasteiger partial charge in [0, 0.05) is 0 Å². The minimum Gasteiger partial charge on any atom is -0.306 e. The van der Waals surface area contributed by atoms with E-state index in [0.717, 1.165) is 0 Å². The smallest absolute Gasteiger partial charge is 0.306 e. The van der Waals surface area contributed by atoms with Crippen LogP contribution in [0.3, 0.4) is 0 Å². The molecule has 11 heteroatoms. The van der Waals surface area contributed by atoms with E-state index in [1.54, 1.807) is 0 Å². The van der Waals surface area contributed by atoms with Crippen molar-refractivity contribution >= 4 is 23.2 Å². The first-order chi connectivity index (χ1) is 7.16. The first-order valence-corrected chi connectivity index (χ1v) is 4.52. The molecule has 2 atom stereocenters. The third-order valence-electron chi connectivity index (χ3n) is 1.87. The van der Waals surface area contributed by atoms with Crippen LogP contribution in [0.15, 0.2) is 0 Å². The summed E-state index contributed by atoms with van der Waals surface area (Å²) in [6.45, 7) is 0.376. The number of hydrogen-bond acceptors (Lipinski definition) is 2. The predicted molar refractivity (Wildman–Crippen MR) is 41.0 cm³/mol. The van der Waals surface area contributed by atoms with Crippen molar-refractivity contribution in [3.63, 3.8) is 0 Å². The lowest BCUT2D eigenvalue weighted by Gasteiger charge is -2.31. The molecule has 0 radical (unpaired) electrons. The molecule has 102 valence electrons. The Morgan fingerprint density at radius 2 is 1.24 bits per heavy atom. The second-order valence-electron chi connectivity index (χ2n) is 3.25. The van der Waals surface area contributed by atoms with Crippen molar-refractivity contribution in [1.29, 1.82) is 0 Å². The lowest BCUT2D eigenvalue weighted by molar-refractivity contribution is -0.451. The van der Waals surface area contributed by atoms with Crippen LogP contribution >= 0.6 is 23.2 Å². The topological polar surface area (TPSA) is 18.5 Å². The molecule has 17 heavy (non-hydrogen) atoms. The molecule has 0 spiro atoms. The van der Waals surface area contributed by atoms with E-state index >= 15 is 0 Å². The molecule has 0 aromatic carbocycles. The fourth-order valence-corrected chi connectivity index (χ4v) is 1.31. The van der Waals surface area contributed by atoms with E-state index in [2.05, 4.69) is 9.47 Å². The molecule has 1 aliphatic heterocycles. The maximum atomic E-state index is 13.2. The van der Waals surface area contributed by atoms with Gasteiger partial charge in [0.15, 0.2) is 0 Å². The van der Waals surface area contributed by atoms with Crippen LogP contribution in [0.4, 0.5) is 30.7 Å². The summed E-state index contributed by atoms with van der Waals surface area (Å²) in [5.41, 5.74) is 0. The summed E-state index contributed by atoms with van der Waals surface area (Å²) < 4.78 is 93.9. The van der Waals surface area contributed by atoms with Crippen molar-refractivity contribution in [3.05, 3.63) is 0 Å². The van der Waals surface area contributed by atoms with E-state index in [1.165, 1.54) is 0 Å². The Bertz CT molecular complexity index is 289. The van der Waals surface area contributed by atoms with E-state index in [9.17, 15) is 30.7 Å². The lowest BCUT2D eigenvalue weighted by Crippen LogP contribution is -2.58. The van der Waals surface area contributed by atoms with Crippen molar-refractivity contribution in [3.8, 4) is 0 Å². The summed E-state index contributed by atoms with van der Waals surface area (Å²) in [6, 6.07) is 0. The summed E-state index contributed by atoms with van der Waals surface area (Å²) in [4.78, 5) is 0. The highest BCUT2D eigenvalue weighted by Crippen LogP contribution is 2.60. The standard InChI is InChI=1S/C6H3Cl2F7O2/c1-2(7)4(8,9)17-3(16-2,5(10,11)12)6(13,14)15/h1H3. The third kappa shape index (κ3) is 2.06. The molecule has 1 fully saturated rings. The monoisotopic (exact) mass is 310 g/mol. The van der Waals surface area contributed by atoms with Gasteiger partial charge in [-0.05, 0) is 18.5 Å². The summed E-state index contributed by atoms with van der Waals surface area (Å²) >= 11 is 9.71. The van der Waals surface area contributed by atoms with Gasteiger partial charge in [0.1, 0.15) is 0 Å². The molecule has 2 unspecified atom stereocenters. The lowest BCUT2D eigenvalue weighted by atomic mass is 10.2. The van der Waals surface area contributed by atoms with Gasteiger partial charge in [-0.3, -0.25) is 4.74 Å². The zero-order chi connectivity index (χ0) is 13.9. The molecule has 1 saturated heterocycles. The van der Waals surface area contributed by atoms with Crippen LogP contribution in [-0.4, -0.2) is 28.5 Å². The highest BCUT2D eigenvalue weighted by molar-refractivity contribution is 6.32. The van der Waals surface area contributed by atoms with Crippen LogP contribution < -0.4 is 0 Å². The van der Waals surface area contributed by atoms with Crippen molar-refractivity contribution in [2.24, 2.45) is 0 Å². The Labute approximate surface area is 99.6 Å². The maximum Gasteiger partial charge on any atom is 0.453 e. The van der Waals surface area contributed by atoms with E-state index in [4.69, 9.17) is 23.2 Å². The van der Waals surface area contributed by atoms with Crippen LogP contribution in [0.2, 0.25) is 0 Å². The SMILES string of the molecule is CC1(Cl)OC(C(F)(F)F)(C(F)(F)F)OC1(F)Cl. The average molecular weight is 311 g/mol. The normalized spacial score (nSPS) is 38.5. The average Bonchev–Trinajstić information content (AvgIpc) is 2.15. The number of rotatable bonds is 0. The second-order valence-corrected chi connectivity index (χ2v) is 4.46. The molecule has 1 aliphatic rings. The molecule has 0 aromatic heterocycles. The van der Waals surface area contributed by atoms with Gasteiger partial charge in [0.2, 0.25) is 5.06 Å². The Kier molecular flexibility index (Phi) is 3.12. The molecule has 0 aliphatic carbocycles. The van der Waals surface area contributed by atoms with Gasteiger partial charge in [0.05, 0.1) is 0 Å². The van der Waals surface area contributed by atoms with Gasteiger partial charge in [0.25, 0.3) is 0 Å². The largest absolute Gasteiger partial charge is 0.453 e. The highest BCUT2D eigenvalue weighted by Gasteiger charge is 2.84. The van der Waals surface area contributed by atoms with Crippen LogP contribution in [0.25, 0.3) is 0 Å². The summed E-state index contributed by atoms with van der Waals surface area (Å²) in [5, 5.41) is -7.14. The fraction of sp³-hybridized carbons (Fsp3) is 1.00. The highest BCUT2D eigenvalue weighted by atomic mass is 35.5. The molecule has 1 heterocycles. The van der Waals surface area contributed by atoms with Crippen molar-refractivity contribution < 1.29 is 40.2 Å². The van der Waals surface area contributed by atoms with Crippen LogP contribution in [-0.2, 0) is 9.47 Å². The zero-order valence-corrected chi connectivity index (χ0v) is 9.23. The minimum atomic E-state index is -6.11. The fourth-order valence-electron chi connectivity index (χ4n) is 1.01. The molecule has 0 bridgehead atoms. The van der Waals surface area contributed by atoms with Crippen LogP contribution in [0.1, 0.15) is 6.92 Å². The van der Waals surface area contributed by atoms with Gasteiger partial charge >= 0.3 is 23.5 Å². The van der Waals surface area contributed by atoms with E-state index in [-0.39, 0.29) is 0 Å². The number of ether oxygens (including phenoxy) is 2. The summed E-state index contributed by atoms with van der Waals surface area (Å²) in [7, 11) is 0. The van der Waals surface area contributed by atoms with Crippen molar-refractivity contribution in [1.82, 2.24) is 0 Å². The molecular weight excluding hydrogens is 308 g/mol. The number of halogens is 9. The van der Waals surface area contributed by atoms with Crippen molar-refractivity contribution in [2.75, 3.05) is 0 Å². The third-order valence-corrected chi connectivity index (χ3v) is 2.73. The summed E-state index contributed by atoms with van der Waals surface area (Å²) in [5.74, 6) is -5.20. The van der Waals surface area contributed by atoms with Crippen LogP contribution in [0, 0.1) is 0 Å². The first kappa shape index (κ1) is 15.1. The Morgan fingerprint density at radius 1 is 0.882 bits per heavy atom. The predicted octanol–water partition coefficient (Wildman–Crippen LogP) is 3.67. The second kappa shape index (κ2) is 3.52. The maximum absolute atomic E-state index is 13.2. The first-order valence-electron chi connectivity index (χ1n) is 3.77. The van der Waals surface area contributed by atoms with Crippen LogP contribution in [0.5, 0.6) is 0 Å². The zero-order valence-electron chi connectivity index (χ0n) is 7.72. The molecule has 1 rings (SSSR count). The Morgan fingerprint density at radius 3 is 1.35 bits per heavy atom. The molecule has 0 amide bonds. The van der Waals surface area contributed by atoms with E-state index in [0.29, 0.717) is 6.92 Å². The van der Waals surface area contributed by atoms with Gasteiger partial charge in [-0.1, -0.05) is 11.6 Å². The number of alkyl halides is 9. The summed E-state index contributed by atoms with van der Waals surface area (Å²) in [6.07, 6.45) is -12.2. The molecule has 2 nitrogen and oxygen atoms in total. The van der Waals surface area contributed by atoms with Gasteiger partial charge in [-0.25, -0.2) is 0 Å². The number of hydrogen-bond donors (Lipinski definition) is 0. The van der Waals surface area contributed by atoms with Crippen molar-refractivity contribution in [2.45, 2.75) is 35.4 Å².